The average molecular weight is 404 g/mol. The van der Waals surface area contributed by atoms with Gasteiger partial charge in [0.15, 0.2) is 11.5 Å². The Morgan fingerprint density at radius 2 is 1.60 bits per heavy atom. The normalized spacial score (nSPS) is 15.4. The first-order chi connectivity index (χ1) is 14.8. The van der Waals surface area contributed by atoms with Gasteiger partial charge >= 0.3 is 0 Å². The van der Waals surface area contributed by atoms with Gasteiger partial charge in [0.05, 0.1) is 21.3 Å². The van der Waals surface area contributed by atoms with Crippen LogP contribution in [0, 0.1) is 0 Å². The van der Waals surface area contributed by atoms with E-state index in [1.54, 1.807) is 21.3 Å². The first kappa shape index (κ1) is 20.3. The summed E-state index contributed by atoms with van der Waals surface area (Å²) in [4.78, 5) is 0. The zero-order valence-electron chi connectivity index (χ0n) is 17.9. The van der Waals surface area contributed by atoms with Crippen LogP contribution in [0.1, 0.15) is 29.2 Å². The standard InChI is InChI=1S/C26H29NO3/c1-28-22-12-8-7-11-20(22)25-24-19(17-23(29-2)26(25)30-3)15-16-27-21(24)14-13-18-9-5-4-6-10-18/h4-12,17,21,27H,13-16H2,1-3H3. The molecular formula is C26H29NO3. The number of methoxy groups -OCH3 is 3. The largest absolute Gasteiger partial charge is 0.496 e. The molecule has 4 nitrogen and oxygen atoms in total. The SMILES string of the molecule is COc1ccccc1-c1c(OC)c(OC)cc2c1C(CCc1ccccc1)NCC2. The summed E-state index contributed by atoms with van der Waals surface area (Å²) in [7, 11) is 5.12. The van der Waals surface area contributed by atoms with Gasteiger partial charge in [0.1, 0.15) is 5.75 Å². The average Bonchev–Trinajstić information content (AvgIpc) is 2.81. The number of hydrogen-bond donors (Lipinski definition) is 1. The van der Waals surface area contributed by atoms with Crippen LogP contribution in [0.25, 0.3) is 11.1 Å². The van der Waals surface area contributed by atoms with E-state index in [1.165, 1.54) is 16.7 Å². The Labute approximate surface area is 178 Å². The van der Waals surface area contributed by atoms with Crippen LogP contribution in [-0.2, 0) is 12.8 Å². The summed E-state index contributed by atoms with van der Waals surface area (Å²) in [6.45, 7) is 0.952. The van der Waals surface area contributed by atoms with E-state index in [0.29, 0.717) is 0 Å². The minimum absolute atomic E-state index is 0.230. The summed E-state index contributed by atoms with van der Waals surface area (Å²) >= 11 is 0. The molecular weight excluding hydrogens is 374 g/mol. The molecule has 0 aromatic heterocycles. The molecule has 30 heavy (non-hydrogen) atoms. The molecule has 0 spiro atoms. The van der Waals surface area contributed by atoms with Gasteiger partial charge in [-0.25, -0.2) is 0 Å². The molecule has 1 heterocycles. The van der Waals surface area contributed by atoms with Crippen molar-refractivity contribution in [2.75, 3.05) is 27.9 Å². The summed E-state index contributed by atoms with van der Waals surface area (Å²) < 4.78 is 17.3. The number of hydrogen-bond acceptors (Lipinski definition) is 4. The van der Waals surface area contributed by atoms with Crippen LogP contribution in [-0.4, -0.2) is 27.9 Å². The molecule has 1 unspecified atom stereocenters. The minimum Gasteiger partial charge on any atom is -0.496 e. The number of para-hydroxylation sites is 1. The number of aryl methyl sites for hydroxylation is 1. The van der Waals surface area contributed by atoms with E-state index < -0.39 is 0 Å². The van der Waals surface area contributed by atoms with Crippen molar-refractivity contribution < 1.29 is 14.2 Å². The molecule has 156 valence electrons. The fourth-order valence-corrected chi connectivity index (χ4v) is 4.47. The van der Waals surface area contributed by atoms with Crippen LogP contribution in [0.5, 0.6) is 17.2 Å². The van der Waals surface area contributed by atoms with Gasteiger partial charge in [0, 0.05) is 17.2 Å². The Balaban J connectivity index is 1.85. The fourth-order valence-electron chi connectivity index (χ4n) is 4.47. The molecule has 1 aliphatic heterocycles. The predicted octanol–water partition coefficient (Wildman–Crippen LogP) is 5.20. The number of rotatable bonds is 7. The van der Waals surface area contributed by atoms with Gasteiger partial charge in [0.25, 0.3) is 0 Å². The lowest BCUT2D eigenvalue weighted by atomic mass is 9.83. The third-order valence-corrected chi connectivity index (χ3v) is 5.87. The van der Waals surface area contributed by atoms with Crippen molar-refractivity contribution in [3.8, 4) is 28.4 Å². The summed E-state index contributed by atoms with van der Waals surface area (Å²) in [6.07, 6.45) is 2.98. The van der Waals surface area contributed by atoms with E-state index in [9.17, 15) is 0 Å². The van der Waals surface area contributed by atoms with Crippen LogP contribution in [0.4, 0.5) is 0 Å². The molecule has 0 saturated heterocycles. The van der Waals surface area contributed by atoms with Crippen molar-refractivity contribution in [3.63, 3.8) is 0 Å². The summed E-state index contributed by atoms with van der Waals surface area (Å²) in [6, 6.07) is 21.2. The number of ether oxygens (including phenoxy) is 3. The number of benzene rings is 3. The number of nitrogens with one attached hydrogen (secondary N) is 1. The first-order valence-corrected chi connectivity index (χ1v) is 10.4. The molecule has 4 rings (SSSR count). The maximum Gasteiger partial charge on any atom is 0.169 e. The van der Waals surface area contributed by atoms with Crippen LogP contribution in [0.3, 0.4) is 0 Å². The van der Waals surface area contributed by atoms with Gasteiger partial charge in [-0.3, -0.25) is 0 Å². The molecule has 3 aromatic rings. The van der Waals surface area contributed by atoms with Crippen molar-refractivity contribution in [2.24, 2.45) is 0 Å². The van der Waals surface area contributed by atoms with Gasteiger partial charge in [-0.1, -0.05) is 48.5 Å². The molecule has 0 saturated carbocycles. The lowest BCUT2D eigenvalue weighted by Gasteiger charge is -2.32. The molecule has 0 fully saturated rings. The Morgan fingerprint density at radius 1 is 0.867 bits per heavy atom. The van der Waals surface area contributed by atoms with Gasteiger partial charge in [-0.15, -0.1) is 0 Å². The van der Waals surface area contributed by atoms with Gasteiger partial charge in [-0.05, 0) is 54.6 Å². The first-order valence-electron chi connectivity index (χ1n) is 10.4. The van der Waals surface area contributed by atoms with Crippen molar-refractivity contribution in [2.45, 2.75) is 25.3 Å². The third-order valence-electron chi connectivity index (χ3n) is 5.87. The molecule has 0 aliphatic carbocycles. The molecule has 0 bridgehead atoms. The zero-order valence-corrected chi connectivity index (χ0v) is 17.9. The van der Waals surface area contributed by atoms with Crippen LogP contribution in [0.15, 0.2) is 60.7 Å². The monoisotopic (exact) mass is 403 g/mol. The van der Waals surface area contributed by atoms with Crippen LogP contribution >= 0.6 is 0 Å². The highest BCUT2D eigenvalue weighted by atomic mass is 16.5. The van der Waals surface area contributed by atoms with Gasteiger partial charge in [0.2, 0.25) is 0 Å². The zero-order chi connectivity index (χ0) is 20.9. The highest BCUT2D eigenvalue weighted by molar-refractivity contribution is 5.83. The van der Waals surface area contributed by atoms with E-state index in [4.69, 9.17) is 14.2 Å². The Morgan fingerprint density at radius 3 is 2.33 bits per heavy atom. The summed E-state index contributed by atoms with van der Waals surface area (Å²) in [5, 5.41) is 3.74. The number of fused-ring (bicyclic) bond motifs is 1. The van der Waals surface area contributed by atoms with Gasteiger partial charge in [-0.2, -0.15) is 0 Å². The lowest BCUT2D eigenvalue weighted by molar-refractivity contribution is 0.352. The molecule has 0 amide bonds. The highest BCUT2D eigenvalue weighted by Gasteiger charge is 2.29. The second-order valence-corrected chi connectivity index (χ2v) is 7.54. The van der Waals surface area contributed by atoms with Crippen molar-refractivity contribution >= 4 is 0 Å². The summed E-state index contributed by atoms with van der Waals surface area (Å²) in [5.41, 5.74) is 6.05. The van der Waals surface area contributed by atoms with E-state index in [0.717, 1.165) is 54.2 Å². The van der Waals surface area contributed by atoms with E-state index in [2.05, 4.69) is 47.8 Å². The van der Waals surface area contributed by atoms with E-state index in [-0.39, 0.29) is 6.04 Å². The van der Waals surface area contributed by atoms with Crippen LogP contribution < -0.4 is 19.5 Å². The van der Waals surface area contributed by atoms with Crippen molar-refractivity contribution in [1.82, 2.24) is 5.32 Å². The van der Waals surface area contributed by atoms with E-state index in [1.807, 2.05) is 18.2 Å². The van der Waals surface area contributed by atoms with Gasteiger partial charge < -0.3 is 19.5 Å². The molecule has 1 N–H and O–H groups in total. The molecule has 1 aliphatic rings. The maximum absolute atomic E-state index is 5.89. The third kappa shape index (κ3) is 3.88. The Hall–Kier alpha value is -2.98. The Kier molecular flexibility index (Phi) is 6.24. The molecule has 3 aromatic carbocycles. The van der Waals surface area contributed by atoms with Crippen molar-refractivity contribution in [1.29, 1.82) is 0 Å². The smallest absolute Gasteiger partial charge is 0.169 e. The Bertz CT molecular complexity index is 1000. The van der Waals surface area contributed by atoms with E-state index >= 15 is 0 Å². The summed E-state index contributed by atoms with van der Waals surface area (Å²) in [5.74, 6) is 2.36. The topological polar surface area (TPSA) is 39.7 Å². The minimum atomic E-state index is 0.230. The second kappa shape index (κ2) is 9.23. The van der Waals surface area contributed by atoms with Crippen molar-refractivity contribution in [3.05, 3.63) is 77.4 Å². The second-order valence-electron chi connectivity index (χ2n) is 7.54. The molecule has 4 heteroatoms. The predicted molar refractivity (Wildman–Crippen MR) is 121 cm³/mol. The quantitative estimate of drug-likeness (QED) is 0.589. The maximum atomic E-state index is 5.89. The lowest BCUT2D eigenvalue weighted by Crippen LogP contribution is -2.31. The highest BCUT2D eigenvalue weighted by Crippen LogP contribution is 2.49. The molecule has 0 radical (unpaired) electrons. The molecule has 1 atom stereocenters. The fraction of sp³-hybridized carbons (Fsp3) is 0.308. The van der Waals surface area contributed by atoms with Crippen LogP contribution in [0.2, 0.25) is 0 Å².